The Morgan fingerprint density at radius 1 is 1.46 bits per heavy atom. The maximum atomic E-state index is 5.55. The summed E-state index contributed by atoms with van der Waals surface area (Å²) in [4.78, 5) is 0. The third kappa shape index (κ3) is 1.40. The molecule has 0 bridgehead atoms. The molecule has 66 valence electrons. The Kier molecular flexibility index (Phi) is 1.96. The van der Waals surface area contributed by atoms with Crippen molar-refractivity contribution in [3.05, 3.63) is 33.8 Å². The summed E-state index contributed by atoms with van der Waals surface area (Å²) >= 11 is 3.48. The molecule has 1 heteroatoms. The van der Waals surface area contributed by atoms with Crippen LogP contribution in [0.4, 0.5) is 0 Å². The highest BCUT2D eigenvalue weighted by Gasteiger charge is 2.43. The zero-order valence-corrected chi connectivity index (χ0v) is 9.19. The van der Waals surface area contributed by atoms with Crippen molar-refractivity contribution < 1.29 is 0 Å². The number of hydrogen-bond acceptors (Lipinski definition) is 0. The third-order valence-corrected chi connectivity index (χ3v) is 3.23. The summed E-state index contributed by atoms with van der Waals surface area (Å²) < 4.78 is 1.12. The molecular weight excluding hydrogens is 224 g/mol. The van der Waals surface area contributed by atoms with Gasteiger partial charge in [-0.3, -0.25) is 0 Å². The molecule has 2 rings (SSSR count). The van der Waals surface area contributed by atoms with E-state index >= 15 is 0 Å². The summed E-state index contributed by atoms with van der Waals surface area (Å²) in [6.45, 7) is 2.12. The van der Waals surface area contributed by atoms with Crippen molar-refractivity contribution in [3.8, 4) is 12.3 Å². The molecule has 0 aliphatic heterocycles. The van der Waals surface area contributed by atoms with E-state index in [0.29, 0.717) is 0 Å². The molecule has 0 radical (unpaired) electrons. The van der Waals surface area contributed by atoms with Crippen molar-refractivity contribution >= 4 is 15.9 Å². The topological polar surface area (TPSA) is 0 Å². The zero-order chi connectivity index (χ0) is 9.47. The van der Waals surface area contributed by atoms with Gasteiger partial charge in [-0.15, -0.1) is 6.42 Å². The Labute approximate surface area is 87.5 Å². The van der Waals surface area contributed by atoms with Gasteiger partial charge in [-0.05, 0) is 43.0 Å². The summed E-state index contributed by atoms with van der Waals surface area (Å²) in [5, 5.41) is 0. The molecule has 0 atom stereocenters. The lowest BCUT2D eigenvalue weighted by Crippen LogP contribution is -2.04. The molecule has 0 nitrogen and oxygen atoms in total. The van der Waals surface area contributed by atoms with Crippen LogP contribution in [0.15, 0.2) is 22.7 Å². The van der Waals surface area contributed by atoms with Crippen LogP contribution in [0.2, 0.25) is 0 Å². The van der Waals surface area contributed by atoms with Gasteiger partial charge in [-0.1, -0.05) is 27.9 Å². The van der Waals surface area contributed by atoms with Crippen LogP contribution in [0.3, 0.4) is 0 Å². The molecule has 1 saturated carbocycles. The van der Waals surface area contributed by atoms with E-state index < -0.39 is 0 Å². The standard InChI is InChI=1S/C12H11Br/c1-3-12(6-7-12)11-8-10(13)5-4-9(11)2/h1,4-5,8H,6-7H2,2H3. The van der Waals surface area contributed by atoms with Crippen LogP contribution in [0.1, 0.15) is 24.0 Å². The number of benzene rings is 1. The van der Waals surface area contributed by atoms with Crippen molar-refractivity contribution in [1.82, 2.24) is 0 Å². The molecule has 0 aromatic heterocycles. The number of halogens is 1. The van der Waals surface area contributed by atoms with E-state index in [1.165, 1.54) is 11.1 Å². The minimum Gasteiger partial charge on any atom is -0.119 e. The number of aryl methyl sites for hydroxylation is 1. The Balaban J connectivity index is 2.52. The Morgan fingerprint density at radius 3 is 2.69 bits per heavy atom. The molecule has 0 unspecified atom stereocenters. The summed E-state index contributed by atoms with van der Waals surface area (Å²) in [5.74, 6) is 2.92. The molecule has 0 saturated heterocycles. The molecule has 1 aliphatic rings. The van der Waals surface area contributed by atoms with Crippen molar-refractivity contribution in [1.29, 1.82) is 0 Å². The van der Waals surface area contributed by atoms with Crippen LogP contribution in [0, 0.1) is 19.3 Å². The summed E-state index contributed by atoms with van der Waals surface area (Å²) in [7, 11) is 0. The van der Waals surface area contributed by atoms with Crippen LogP contribution in [-0.2, 0) is 5.41 Å². The molecule has 0 heterocycles. The lowest BCUT2D eigenvalue weighted by atomic mass is 9.93. The molecule has 1 aromatic carbocycles. The number of rotatable bonds is 1. The minimum absolute atomic E-state index is 0.0634. The van der Waals surface area contributed by atoms with Gasteiger partial charge < -0.3 is 0 Å². The van der Waals surface area contributed by atoms with Crippen molar-refractivity contribution in [2.24, 2.45) is 0 Å². The monoisotopic (exact) mass is 234 g/mol. The normalized spacial score (nSPS) is 17.9. The zero-order valence-electron chi connectivity index (χ0n) is 7.60. The van der Waals surface area contributed by atoms with Crippen molar-refractivity contribution in [2.45, 2.75) is 25.2 Å². The quantitative estimate of drug-likeness (QED) is 0.654. The molecule has 13 heavy (non-hydrogen) atoms. The number of terminal acetylenes is 1. The van der Waals surface area contributed by atoms with Gasteiger partial charge in [0.15, 0.2) is 0 Å². The van der Waals surface area contributed by atoms with Gasteiger partial charge in [-0.2, -0.15) is 0 Å². The molecule has 1 fully saturated rings. The Morgan fingerprint density at radius 2 is 2.15 bits per heavy atom. The van der Waals surface area contributed by atoms with Gasteiger partial charge >= 0.3 is 0 Å². The van der Waals surface area contributed by atoms with E-state index in [1.807, 2.05) is 0 Å². The first-order valence-electron chi connectivity index (χ1n) is 4.42. The van der Waals surface area contributed by atoms with Crippen LogP contribution >= 0.6 is 15.9 Å². The maximum absolute atomic E-state index is 5.55. The van der Waals surface area contributed by atoms with E-state index in [1.54, 1.807) is 0 Å². The Hall–Kier alpha value is -0.740. The first kappa shape index (κ1) is 8.84. The fourth-order valence-electron chi connectivity index (χ4n) is 1.73. The molecule has 0 N–H and O–H groups in total. The van der Waals surface area contributed by atoms with E-state index in [0.717, 1.165) is 17.3 Å². The molecule has 1 aromatic rings. The predicted octanol–water partition coefficient (Wildman–Crippen LogP) is 3.42. The maximum Gasteiger partial charge on any atom is 0.0564 e. The van der Waals surface area contributed by atoms with E-state index in [4.69, 9.17) is 6.42 Å². The summed E-state index contributed by atoms with van der Waals surface area (Å²) in [5.41, 5.74) is 2.69. The minimum atomic E-state index is 0.0634. The predicted molar refractivity (Wildman–Crippen MR) is 58.6 cm³/mol. The molecule has 1 aliphatic carbocycles. The van der Waals surface area contributed by atoms with Gasteiger partial charge in [0.2, 0.25) is 0 Å². The van der Waals surface area contributed by atoms with Crippen LogP contribution in [0.5, 0.6) is 0 Å². The largest absolute Gasteiger partial charge is 0.119 e. The SMILES string of the molecule is C#CC1(c2cc(Br)ccc2C)CC1. The second-order valence-corrected chi connectivity index (χ2v) is 4.60. The average molecular weight is 235 g/mol. The molecular formula is C12H11Br. The van der Waals surface area contributed by atoms with Gasteiger partial charge in [0.25, 0.3) is 0 Å². The fourth-order valence-corrected chi connectivity index (χ4v) is 2.09. The van der Waals surface area contributed by atoms with Crippen molar-refractivity contribution in [3.63, 3.8) is 0 Å². The molecule has 0 amide bonds. The van der Waals surface area contributed by atoms with E-state index in [9.17, 15) is 0 Å². The lowest BCUT2D eigenvalue weighted by molar-refractivity contribution is 0.914. The first-order chi connectivity index (χ1) is 6.18. The summed E-state index contributed by atoms with van der Waals surface area (Å²) in [6.07, 6.45) is 7.83. The average Bonchev–Trinajstić information content (AvgIpc) is 2.90. The van der Waals surface area contributed by atoms with Gasteiger partial charge in [0.1, 0.15) is 0 Å². The smallest absolute Gasteiger partial charge is 0.0564 e. The first-order valence-corrected chi connectivity index (χ1v) is 5.22. The van der Waals surface area contributed by atoms with E-state index in [2.05, 4.69) is 47.0 Å². The number of hydrogen-bond donors (Lipinski definition) is 0. The van der Waals surface area contributed by atoms with Crippen LogP contribution in [0.25, 0.3) is 0 Å². The lowest BCUT2D eigenvalue weighted by Gasteiger charge is -2.11. The van der Waals surface area contributed by atoms with E-state index in [-0.39, 0.29) is 5.41 Å². The van der Waals surface area contributed by atoms with Gasteiger partial charge in [0.05, 0.1) is 5.41 Å². The van der Waals surface area contributed by atoms with Crippen LogP contribution in [-0.4, -0.2) is 0 Å². The highest BCUT2D eigenvalue weighted by atomic mass is 79.9. The molecule has 0 spiro atoms. The highest BCUT2D eigenvalue weighted by Crippen LogP contribution is 2.49. The summed E-state index contributed by atoms with van der Waals surface area (Å²) in [6, 6.07) is 6.34. The second-order valence-electron chi connectivity index (χ2n) is 3.69. The Bertz CT molecular complexity index is 381. The van der Waals surface area contributed by atoms with Crippen molar-refractivity contribution in [2.75, 3.05) is 0 Å². The third-order valence-electron chi connectivity index (χ3n) is 2.74. The van der Waals surface area contributed by atoms with Gasteiger partial charge in [-0.25, -0.2) is 0 Å². The van der Waals surface area contributed by atoms with Gasteiger partial charge in [0, 0.05) is 4.47 Å². The highest BCUT2D eigenvalue weighted by molar-refractivity contribution is 9.10. The van der Waals surface area contributed by atoms with Crippen LogP contribution < -0.4 is 0 Å². The second kappa shape index (κ2) is 2.89. The fraction of sp³-hybridized carbons (Fsp3) is 0.333.